The van der Waals surface area contributed by atoms with Gasteiger partial charge in [0.1, 0.15) is 0 Å². The van der Waals surface area contributed by atoms with Gasteiger partial charge < -0.3 is 9.64 Å². The fourth-order valence-electron chi connectivity index (χ4n) is 3.32. The number of aryl methyl sites for hydroxylation is 2. The van der Waals surface area contributed by atoms with Crippen molar-refractivity contribution in [2.75, 3.05) is 33.3 Å². The molecule has 0 saturated carbocycles. The number of methoxy groups -OCH3 is 1. The molecule has 2 heterocycles. The zero-order valence-corrected chi connectivity index (χ0v) is 17.3. The molecule has 6 nitrogen and oxygen atoms in total. The number of carbonyl (C=O) groups is 1. The maximum absolute atomic E-state index is 12.9. The summed E-state index contributed by atoms with van der Waals surface area (Å²) in [4.78, 5) is 16.7. The largest absolute Gasteiger partial charge is 0.367 e. The van der Waals surface area contributed by atoms with Gasteiger partial charge >= 0.3 is 0 Å². The van der Waals surface area contributed by atoms with Crippen molar-refractivity contribution in [2.24, 2.45) is 0 Å². The van der Waals surface area contributed by atoms with E-state index in [-0.39, 0.29) is 19.0 Å². The van der Waals surface area contributed by atoms with E-state index < -0.39 is 16.1 Å². The van der Waals surface area contributed by atoms with Crippen LogP contribution in [0.3, 0.4) is 0 Å². The molecule has 0 radical (unpaired) electrons. The van der Waals surface area contributed by atoms with Crippen LogP contribution in [0.1, 0.15) is 21.4 Å². The third-order valence-corrected chi connectivity index (χ3v) is 7.85. The van der Waals surface area contributed by atoms with Crippen LogP contribution in [-0.2, 0) is 19.6 Å². The van der Waals surface area contributed by atoms with E-state index in [2.05, 4.69) is 0 Å². The van der Waals surface area contributed by atoms with Crippen LogP contribution in [0.2, 0.25) is 0 Å². The van der Waals surface area contributed by atoms with E-state index in [9.17, 15) is 13.2 Å². The molecular weight excluding hydrogens is 384 g/mol. The molecule has 1 unspecified atom stereocenters. The van der Waals surface area contributed by atoms with Crippen LogP contribution in [0.5, 0.6) is 0 Å². The van der Waals surface area contributed by atoms with Crippen molar-refractivity contribution in [3.05, 3.63) is 51.7 Å². The van der Waals surface area contributed by atoms with Crippen LogP contribution in [0.15, 0.2) is 41.3 Å². The number of benzene rings is 1. The lowest BCUT2D eigenvalue weighted by Gasteiger charge is -2.35. The highest BCUT2D eigenvalue weighted by Gasteiger charge is 2.34. The third-order valence-electron chi connectivity index (χ3n) is 4.73. The van der Waals surface area contributed by atoms with Crippen LogP contribution >= 0.6 is 11.3 Å². The summed E-state index contributed by atoms with van der Waals surface area (Å²) in [5.74, 6) is -0.136. The lowest BCUT2D eigenvalue weighted by molar-refractivity contribution is -0.143. The molecule has 2 aromatic rings. The van der Waals surface area contributed by atoms with Gasteiger partial charge in [-0.3, -0.25) is 4.79 Å². The Morgan fingerprint density at radius 1 is 1.11 bits per heavy atom. The van der Waals surface area contributed by atoms with Crippen LogP contribution in [0, 0.1) is 13.8 Å². The van der Waals surface area contributed by atoms with Crippen molar-refractivity contribution >= 4 is 27.3 Å². The number of nitrogens with zero attached hydrogens (tertiary/aromatic N) is 2. The molecule has 3 rings (SSSR count). The minimum atomic E-state index is -3.52. The van der Waals surface area contributed by atoms with Gasteiger partial charge in [-0.25, -0.2) is 8.42 Å². The minimum absolute atomic E-state index is 0.136. The summed E-state index contributed by atoms with van der Waals surface area (Å²) < 4.78 is 32.7. The second-order valence-electron chi connectivity index (χ2n) is 6.53. The molecule has 1 aliphatic heterocycles. The highest BCUT2D eigenvalue weighted by molar-refractivity contribution is 7.89. The smallest absolute Gasteiger partial charge is 0.256 e. The first-order valence-electron chi connectivity index (χ1n) is 8.78. The molecule has 0 bridgehead atoms. The average Bonchev–Trinajstić information content (AvgIpc) is 3.02. The van der Waals surface area contributed by atoms with Crippen LogP contribution in [-0.4, -0.2) is 56.8 Å². The van der Waals surface area contributed by atoms with Gasteiger partial charge in [-0.05, 0) is 25.5 Å². The number of ether oxygens (including phenoxy) is 1. The number of hydrogen-bond acceptors (Lipinski definition) is 5. The van der Waals surface area contributed by atoms with Crippen molar-refractivity contribution in [1.82, 2.24) is 9.21 Å². The van der Waals surface area contributed by atoms with Gasteiger partial charge in [-0.1, -0.05) is 30.3 Å². The third kappa shape index (κ3) is 4.08. The maximum atomic E-state index is 12.9. The van der Waals surface area contributed by atoms with Crippen molar-refractivity contribution in [1.29, 1.82) is 0 Å². The van der Waals surface area contributed by atoms with E-state index in [1.807, 2.05) is 44.2 Å². The topological polar surface area (TPSA) is 66.9 Å². The Morgan fingerprint density at radius 2 is 1.74 bits per heavy atom. The summed E-state index contributed by atoms with van der Waals surface area (Å²) in [6.07, 6.45) is -0.670. The van der Waals surface area contributed by atoms with Crippen LogP contribution in [0.4, 0.5) is 0 Å². The Morgan fingerprint density at radius 3 is 2.26 bits per heavy atom. The molecule has 1 fully saturated rings. The summed E-state index contributed by atoms with van der Waals surface area (Å²) >= 11 is 1.48. The van der Waals surface area contributed by atoms with E-state index in [1.165, 1.54) is 22.8 Å². The summed E-state index contributed by atoms with van der Waals surface area (Å²) in [7, 11) is -2.01. The predicted molar refractivity (Wildman–Crippen MR) is 105 cm³/mol. The molecule has 8 heteroatoms. The van der Waals surface area contributed by atoms with Gasteiger partial charge in [-0.2, -0.15) is 4.31 Å². The van der Waals surface area contributed by atoms with Crippen molar-refractivity contribution in [3.8, 4) is 0 Å². The van der Waals surface area contributed by atoms with Crippen molar-refractivity contribution in [3.63, 3.8) is 0 Å². The maximum Gasteiger partial charge on any atom is 0.256 e. The molecule has 0 spiro atoms. The average molecular weight is 409 g/mol. The van der Waals surface area contributed by atoms with Gasteiger partial charge in [0.05, 0.1) is 4.90 Å². The Hall–Kier alpha value is -1.74. The monoisotopic (exact) mass is 408 g/mol. The van der Waals surface area contributed by atoms with E-state index in [4.69, 9.17) is 4.74 Å². The highest BCUT2D eigenvalue weighted by atomic mass is 32.2. The first-order valence-corrected chi connectivity index (χ1v) is 11.0. The Bertz CT molecular complexity index is 901. The molecule has 1 aromatic heterocycles. The van der Waals surface area contributed by atoms with E-state index in [0.29, 0.717) is 18.0 Å². The number of rotatable bonds is 5. The summed E-state index contributed by atoms with van der Waals surface area (Å²) in [5.41, 5.74) is 0.796. The van der Waals surface area contributed by atoms with Gasteiger partial charge in [0.2, 0.25) is 10.0 Å². The van der Waals surface area contributed by atoms with E-state index in [1.54, 1.807) is 11.0 Å². The molecule has 1 atom stereocenters. The second-order valence-corrected chi connectivity index (χ2v) is 9.90. The van der Waals surface area contributed by atoms with Crippen LogP contribution in [0.25, 0.3) is 0 Å². The van der Waals surface area contributed by atoms with Crippen LogP contribution < -0.4 is 0 Å². The molecule has 1 saturated heterocycles. The Labute approximate surface area is 164 Å². The number of sulfonamides is 1. The number of carbonyl (C=O) groups excluding carboxylic acids is 1. The summed E-state index contributed by atoms with van der Waals surface area (Å²) in [6.45, 7) is 5.01. The van der Waals surface area contributed by atoms with Crippen molar-refractivity contribution < 1.29 is 17.9 Å². The molecular formula is C19H24N2O4S2. The Balaban J connectivity index is 1.69. The minimum Gasteiger partial charge on any atom is -0.367 e. The van der Waals surface area contributed by atoms with Gasteiger partial charge in [0.15, 0.2) is 6.10 Å². The SMILES string of the molecule is COC(C(=O)N1CCN(S(=O)(=O)c2cc(C)sc2C)CC1)c1ccccc1. The number of thiophene rings is 1. The number of hydrogen-bond donors (Lipinski definition) is 0. The quantitative estimate of drug-likeness (QED) is 0.763. The van der Waals surface area contributed by atoms with Gasteiger partial charge in [-0.15, -0.1) is 11.3 Å². The molecule has 1 aromatic carbocycles. The standard InChI is InChI=1S/C19H24N2O4S2/c1-14-13-17(15(2)26-14)27(23,24)21-11-9-20(10-12-21)19(22)18(25-3)16-7-5-4-6-8-16/h4-8,13,18H,9-12H2,1-3H3. The first kappa shape index (κ1) is 20.0. The summed E-state index contributed by atoms with van der Waals surface area (Å²) in [6, 6.07) is 11.1. The van der Waals surface area contributed by atoms with Gasteiger partial charge in [0, 0.05) is 43.0 Å². The lowest BCUT2D eigenvalue weighted by Crippen LogP contribution is -2.51. The highest BCUT2D eigenvalue weighted by Crippen LogP contribution is 2.28. The van der Waals surface area contributed by atoms with E-state index in [0.717, 1.165) is 15.3 Å². The summed E-state index contributed by atoms with van der Waals surface area (Å²) in [5, 5.41) is 0. The lowest BCUT2D eigenvalue weighted by atomic mass is 10.1. The fourth-order valence-corrected chi connectivity index (χ4v) is 6.27. The normalized spacial score (nSPS) is 17.1. The fraction of sp³-hybridized carbons (Fsp3) is 0.421. The molecule has 0 aliphatic carbocycles. The zero-order valence-electron chi connectivity index (χ0n) is 15.7. The predicted octanol–water partition coefficient (Wildman–Crippen LogP) is 2.59. The Kier molecular flexibility index (Phi) is 6.00. The van der Waals surface area contributed by atoms with Crippen molar-refractivity contribution in [2.45, 2.75) is 24.8 Å². The number of amides is 1. The molecule has 27 heavy (non-hydrogen) atoms. The second kappa shape index (κ2) is 8.10. The molecule has 1 aliphatic rings. The molecule has 1 amide bonds. The number of piperazine rings is 1. The van der Waals surface area contributed by atoms with Gasteiger partial charge in [0.25, 0.3) is 5.91 Å². The molecule has 0 N–H and O–H groups in total. The first-order chi connectivity index (χ1) is 12.8. The van der Waals surface area contributed by atoms with E-state index >= 15 is 0 Å². The molecule has 146 valence electrons. The zero-order chi connectivity index (χ0) is 19.6.